The Morgan fingerprint density at radius 1 is 0.853 bits per heavy atom. The first-order valence-corrected chi connectivity index (χ1v) is 12.4. The van der Waals surface area contributed by atoms with E-state index in [9.17, 15) is 0 Å². The van der Waals surface area contributed by atoms with Crippen LogP contribution in [-0.4, -0.2) is 74.0 Å². The number of para-hydroxylation sites is 1. The van der Waals surface area contributed by atoms with Gasteiger partial charge in [-0.2, -0.15) is 15.0 Å². The fourth-order valence-corrected chi connectivity index (χ4v) is 5.34. The van der Waals surface area contributed by atoms with Crippen molar-refractivity contribution in [3.8, 4) is 0 Å². The van der Waals surface area contributed by atoms with Gasteiger partial charge in [-0.25, -0.2) is 0 Å². The molecule has 7 rings (SSSR count). The van der Waals surface area contributed by atoms with Crippen LogP contribution in [-0.2, 0) is 0 Å². The van der Waals surface area contributed by atoms with Crippen LogP contribution in [0, 0.1) is 0 Å². The van der Waals surface area contributed by atoms with Crippen molar-refractivity contribution in [1.82, 2.24) is 35.1 Å². The van der Waals surface area contributed by atoms with E-state index in [-0.39, 0.29) is 6.23 Å². The van der Waals surface area contributed by atoms with Gasteiger partial charge >= 0.3 is 0 Å². The van der Waals surface area contributed by atoms with Crippen LogP contribution in [0.15, 0.2) is 24.3 Å². The number of imidazole rings is 1. The highest BCUT2D eigenvalue weighted by Crippen LogP contribution is 2.32. The first kappa shape index (κ1) is 19.8. The molecule has 0 radical (unpaired) electrons. The maximum absolute atomic E-state index is 6.30. The van der Waals surface area contributed by atoms with Crippen molar-refractivity contribution in [1.29, 1.82) is 0 Å². The standard InChI is InChI=1S/C23H28N10O/c1-2-9-17-16(8-1)28-29-33(17)34-18-10-7-15-32(18)23-26-20-19(21(27-23)30-11-3-4-12-30)24-22(25-20)31-13-5-6-14-31/h1-2,8-9,18H,3-7,10-15H2,(H,24,25,26,27). The molecule has 3 aliphatic rings. The van der Waals surface area contributed by atoms with E-state index in [0.717, 1.165) is 79.5 Å². The molecule has 1 N–H and O–H groups in total. The van der Waals surface area contributed by atoms with Crippen LogP contribution in [0.3, 0.4) is 0 Å². The van der Waals surface area contributed by atoms with Gasteiger partial charge in [0.15, 0.2) is 11.5 Å². The zero-order chi connectivity index (χ0) is 22.5. The molecule has 3 fully saturated rings. The van der Waals surface area contributed by atoms with Crippen molar-refractivity contribution < 1.29 is 4.84 Å². The minimum Gasteiger partial charge on any atom is -0.369 e. The zero-order valence-electron chi connectivity index (χ0n) is 19.1. The highest BCUT2D eigenvalue weighted by Gasteiger charge is 2.32. The Bertz CT molecular complexity index is 1320. The number of aromatic nitrogens is 7. The van der Waals surface area contributed by atoms with Crippen LogP contribution in [0.4, 0.5) is 17.7 Å². The molecule has 0 amide bonds. The Hall–Kier alpha value is -3.63. The molecular formula is C23H28N10O. The number of nitrogens with one attached hydrogen (secondary N) is 1. The number of aromatic amines is 1. The van der Waals surface area contributed by atoms with Crippen molar-refractivity contribution in [3.63, 3.8) is 0 Å². The number of hydrogen-bond acceptors (Lipinski definition) is 9. The van der Waals surface area contributed by atoms with E-state index in [2.05, 4.69) is 30.0 Å². The third-order valence-corrected chi connectivity index (χ3v) is 7.12. The molecule has 11 nitrogen and oxygen atoms in total. The smallest absolute Gasteiger partial charge is 0.232 e. The maximum atomic E-state index is 6.30. The van der Waals surface area contributed by atoms with Crippen LogP contribution in [0.25, 0.3) is 22.2 Å². The Balaban J connectivity index is 1.26. The van der Waals surface area contributed by atoms with E-state index in [1.807, 2.05) is 24.3 Å². The summed E-state index contributed by atoms with van der Waals surface area (Å²) in [6, 6.07) is 7.81. The highest BCUT2D eigenvalue weighted by molar-refractivity contribution is 5.87. The first-order chi connectivity index (χ1) is 16.8. The molecule has 11 heteroatoms. The van der Waals surface area contributed by atoms with E-state index in [1.165, 1.54) is 30.5 Å². The second-order valence-electron chi connectivity index (χ2n) is 9.34. The number of H-pyrrole nitrogens is 1. The third-order valence-electron chi connectivity index (χ3n) is 7.12. The molecule has 3 aromatic heterocycles. The van der Waals surface area contributed by atoms with Crippen molar-refractivity contribution in [3.05, 3.63) is 24.3 Å². The lowest BCUT2D eigenvalue weighted by molar-refractivity contribution is 0.0251. The van der Waals surface area contributed by atoms with Gasteiger partial charge < -0.3 is 24.5 Å². The summed E-state index contributed by atoms with van der Waals surface area (Å²) in [6.45, 7) is 4.91. The molecule has 0 spiro atoms. The largest absolute Gasteiger partial charge is 0.369 e. The minimum absolute atomic E-state index is 0.217. The molecular weight excluding hydrogens is 432 g/mol. The van der Waals surface area contributed by atoms with E-state index in [4.69, 9.17) is 19.8 Å². The number of rotatable bonds is 5. The summed E-state index contributed by atoms with van der Waals surface area (Å²) in [4.78, 5) is 33.1. The molecule has 4 aromatic rings. The Morgan fingerprint density at radius 3 is 2.50 bits per heavy atom. The second-order valence-corrected chi connectivity index (χ2v) is 9.34. The predicted molar refractivity (Wildman–Crippen MR) is 129 cm³/mol. The van der Waals surface area contributed by atoms with Crippen molar-refractivity contribution in [2.45, 2.75) is 44.8 Å². The molecule has 6 heterocycles. The van der Waals surface area contributed by atoms with Gasteiger partial charge in [-0.05, 0) is 49.5 Å². The first-order valence-electron chi connectivity index (χ1n) is 12.4. The lowest BCUT2D eigenvalue weighted by Crippen LogP contribution is -2.39. The summed E-state index contributed by atoms with van der Waals surface area (Å²) in [5.74, 6) is 2.52. The van der Waals surface area contributed by atoms with Crippen LogP contribution >= 0.6 is 0 Å². The van der Waals surface area contributed by atoms with E-state index in [1.54, 1.807) is 0 Å². The maximum Gasteiger partial charge on any atom is 0.232 e. The molecule has 34 heavy (non-hydrogen) atoms. The molecule has 0 aliphatic carbocycles. The van der Waals surface area contributed by atoms with E-state index < -0.39 is 0 Å². The van der Waals surface area contributed by atoms with E-state index in [0.29, 0.717) is 5.95 Å². The lowest BCUT2D eigenvalue weighted by Gasteiger charge is -2.25. The fourth-order valence-electron chi connectivity index (χ4n) is 5.34. The van der Waals surface area contributed by atoms with Gasteiger partial charge in [0.1, 0.15) is 16.6 Å². The quantitative estimate of drug-likeness (QED) is 0.480. The average Bonchev–Trinajstić information content (AvgIpc) is 3.68. The molecule has 3 saturated heterocycles. The summed E-state index contributed by atoms with van der Waals surface area (Å²) < 4.78 is 0. The highest BCUT2D eigenvalue weighted by atomic mass is 16.7. The van der Waals surface area contributed by atoms with Crippen molar-refractivity contribution in [2.24, 2.45) is 0 Å². The van der Waals surface area contributed by atoms with Gasteiger partial charge in [-0.1, -0.05) is 17.0 Å². The summed E-state index contributed by atoms with van der Waals surface area (Å²) in [5, 5.41) is 8.43. The summed E-state index contributed by atoms with van der Waals surface area (Å²) >= 11 is 0. The summed E-state index contributed by atoms with van der Waals surface area (Å²) in [7, 11) is 0. The molecule has 176 valence electrons. The second kappa shape index (κ2) is 8.00. The van der Waals surface area contributed by atoms with Crippen LogP contribution in [0.1, 0.15) is 38.5 Å². The van der Waals surface area contributed by atoms with Crippen molar-refractivity contribution >= 4 is 39.9 Å². The number of nitrogens with zero attached hydrogens (tertiary/aromatic N) is 9. The fraction of sp³-hybridized carbons (Fsp3) is 0.522. The van der Waals surface area contributed by atoms with Gasteiger partial charge in [0.2, 0.25) is 18.1 Å². The van der Waals surface area contributed by atoms with Crippen LogP contribution in [0.5, 0.6) is 0 Å². The molecule has 1 unspecified atom stereocenters. The lowest BCUT2D eigenvalue weighted by atomic mass is 10.3. The monoisotopic (exact) mass is 460 g/mol. The average molecular weight is 461 g/mol. The van der Waals surface area contributed by atoms with Gasteiger partial charge in [0.25, 0.3) is 0 Å². The number of benzene rings is 1. The predicted octanol–water partition coefficient (Wildman–Crippen LogP) is 2.35. The molecule has 3 aliphatic heterocycles. The Labute approximate surface area is 196 Å². The third kappa shape index (κ3) is 3.29. The molecule has 1 aromatic carbocycles. The van der Waals surface area contributed by atoms with Crippen LogP contribution in [0.2, 0.25) is 0 Å². The number of hydrogen-bond donors (Lipinski definition) is 1. The van der Waals surface area contributed by atoms with Gasteiger partial charge in [-0.3, -0.25) is 0 Å². The topological polar surface area (TPSA) is 104 Å². The minimum atomic E-state index is -0.217. The van der Waals surface area contributed by atoms with Gasteiger partial charge in [-0.15, -0.1) is 5.10 Å². The van der Waals surface area contributed by atoms with E-state index >= 15 is 0 Å². The van der Waals surface area contributed by atoms with Gasteiger partial charge in [0, 0.05) is 39.1 Å². The summed E-state index contributed by atoms with van der Waals surface area (Å²) in [6.07, 6.45) is 6.43. The van der Waals surface area contributed by atoms with Gasteiger partial charge in [0.05, 0.1) is 0 Å². The Kier molecular flexibility index (Phi) is 4.66. The summed E-state index contributed by atoms with van der Waals surface area (Å²) in [5.41, 5.74) is 3.33. The Morgan fingerprint density at radius 2 is 1.65 bits per heavy atom. The SMILES string of the molecule is c1ccc2c(c1)nnn2OC1CCCN1c1nc(N2CCCC2)c2[nH]c(N3CCCC3)nc2n1. The molecule has 0 saturated carbocycles. The molecule has 1 atom stereocenters. The zero-order valence-corrected chi connectivity index (χ0v) is 19.1. The molecule has 0 bridgehead atoms. The van der Waals surface area contributed by atoms with Crippen molar-refractivity contribution in [2.75, 3.05) is 47.4 Å². The number of fused-ring (bicyclic) bond motifs is 2. The van der Waals surface area contributed by atoms with Crippen LogP contribution < -0.4 is 19.5 Å². The number of anilines is 3. The normalized spacial score (nSPS) is 20.9.